The number of nitrogens with two attached hydrogens (primary N) is 1. The molecule has 0 fully saturated rings. The van der Waals surface area contributed by atoms with Crippen LogP contribution in [0.5, 0.6) is 11.5 Å². The number of hydrogen-bond acceptors (Lipinski definition) is 4. The van der Waals surface area contributed by atoms with E-state index in [1.807, 2.05) is 18.2 Å². The Labute approximate surface area is 120 Å². The van der Waals surface area contributed by atoms with E-state index >= 15 is 0 Å². The fourth-order valence-corrected chi connectivity index (χ4v) is 2.03. The Balaban J connectivity index is 2.70. The molecule has 5 heteroatoms. The minimum Gasteiger partial charge on any atom is -0.493 e. The number of para-hydroxylation sites is 1. The second-order valence-electron chi connectivity index (χ2n) is 4.65. The van der Waals surface area contributed by atoms with Gasteiger partial charge in [-0.3, -0.25) is 4.79 Å². The zero-order valence-electron chi connectivity index (χ0n) is 12.5. The third-order valence-corrected chi connectivity index (χ3v) is 3.16. The standard InChI is InChI=1S/C15H24N2O3/c1-17(14(18)9-4-5-10-16)11-12-7-6-8-13(19-2)15(12)20-3/h6-8H,4-5,9-11,16H2,1-3H3. The first-order chi connectivity index (χ1) is 9.63. The Bertz CT molecular complexity index is 435. The summed E-state index contributed by atoms with van der Waals surface area (Å²) in [6.45, 7) is 1.13. The van der Waals surface area contributed by atoms with Crippen molar-refractivity contribution in [1.29, 1.82) is 0 Å². The molecular weight excluding hydrogens is 256 g/mol. The van der Waals surface area contributed by atoms with E-state index in [-0.39, 0.29) is 5.91 Å². The molecule has 0 aromatic heterocycles. The van der Waals surface area contributed by atoms with Gasteiger partial charge in [0.15, 0.2) is 11.5 Å². The van der Waals surface area contributed by atoms with Gasteiger partial charge in [-0.1, -0.05) is 12.1 Å². The molecule has 0 unspecified atom stereocenters. The first kappa shape index (κ1) is 16.3. The number of hydrogen-bond donors (Lipinski definition) is 1. The van der Waals surface area contributed by atoms with Gasteiger partial charge in [0.2, 0.25) is 5.91 Å². The summed E-state index contributed by atoms with van der Waals surface area (Å²) in [5, 5.41) is 0. The summed E-state index contributed by atoms with van der Waals surface area (Å²) in [7, 11) is 5.00. The Kier molecular flexibility index (Phi) is 6.87. The number of carbonyl (C=O) groups excluding carboxylic acids is 1. The maximum Gasteiger partial charge on any atom is 0.222 e. The summed E-state index contributed by atoms with van der Waals surface area (Å²) in [6.07, 6.45) is 2.23. The fraction of sp³-hybridized carbons (Fsp3) is 0.533. The van der Waals surface area contributed by atoms with Gasteiger partial charge in [0.25, 0.3) is 0 Å². The molecule has 1 aromatic rings. The molecule has 0 radical (unpaired) electrons. The van der Waals surface area contributed by atoms with Crippen LogP contribution in [0, 0.1) is 0 Å². The summed E-state index contributed by atoms with van der Waals surface area (Å²) < 4.78 is 10.6. The van der Waals surface area contributed by atoms with Crippen molar-refractivity contribution in [3.05, 3.63) is 23.8 Å². The Hall–Kier alpha value is -1.75. The Morgan fingerprint density at radius 3 is 2.60 bits per heavy atom. The van der Waals surface area contributed by atoms with Crippen LogP contribution in [-0.2, 0) is 11.3 Å². The van der Waals surface area contributed by atoms with E-state index in [4.69, 9.17) is 15.2 Å². The molecule has 0 atom stereocenters. The van der Waals surface area contributed by atoms with Gasteiger partial charge >= 0.3 is 0 Å². The molecule has 0 aliphatic rings. The summed E-state index contributed by atoms with van der Waals surface area (Å²) in [5.41, 5.74) is 6.36. The van der Waals surface area contributed by atoms with Crippen molar-refractivity contribution in [3.63, 3.8) is 0 Å². The second-order valence-corrected chi connectivity index (χ2v) is 4.65. The van der Waals surface area contributed by atoms with Crippen LogP contribution in [-0.4, -0.2) is 38.6 Å². The minimum atomic E-state index is 0.114. The van der Waals surface area contributed by atoms with Crippen molar-refractivity contribution in [2.45, 2.75) is 25.8 Å². The topological polar surface area (TPSA) is 64.8 Å². The van der Waals surface area contributed by atoms with Gasteiger partial charge in [0.05, 0.1) is 14.2 Å². The highest BCUT2D eigenvalue weighted by molar-refractivity contribution is 5.76. The smallest absolute Gasteiger partial charge is 0.222 e. The van der Waals surface area contributed by atoms with Crippen molar-refractivity contribution < 1.29 is 14.3 Å². The van der Waals surface area contributed by atoms with E-state index < -0.39 is 0 Å². The lowest BCUT2D eigenvalue weighted by Gasteiger charge is -2.20. The first-order valence-corrected chi connectivity index (χ1v) is 6.78. The number of rotatable bonds is 8. The average molecular weight is 280 g/mol. The maximum absolute atomic E-state index is 12.0. The predicted octanol–water partition coefficient (Wildman–Crippen LogP) is 1.79. The van der Waals surface area contributed by atoms with Gasteiger partial charge in [0, 0.05) is 25.6 Å². The van der Waals surface area contributed by atoms with Crippen LogP contribution in [0.3, 0.4) is 0 Å². The third-order valence-electron chi connectivity index (χ3n) is 3.16. The molecule has 20 heavy (non-hydrogen) atoms. The summed E-state index contributed by atoms with van der Waals surface area (Å²) in [6, 6.07) is 5.67. The molecule has 1 amide bonds. The zero-order chi connectivity index (χ0) is 15.0. The number of unbranched alkanes of at least 4 members (excludes halogenated alkanes) is 1. The van der Waals surface area contributed by atoms with Gasteiger partial charge in [0.1, 0.15) is 0 Å². The van der Waals surface area contributed by atoms with Gasteiger partial charge in [-0.25, -0.2) is 0 Å². The number of nitrogens with zero attached hydrogens (tertiary/aromatic N) is 1. The van der Waals surface area contributed by atoms with Crippen LogP contribution in [0.2, 0.25) is 0 Å². The predicted molar refractivity (Wildman–Crippen MR) is 78.9 cm³/mol. The van der Waals surface area contributed by atoms with Crippen molar-refractivity contribution in [2.24, 2.45) is 5.73 Å². The van der Waals surface area contributed by atoms with Crippen molar-refractivity contribution in [2.75, 3.05) is 27.8 Å². The van der Waals surface area contributed by atoms with Crippen molar-refractivity contribution in [1.82, 2.24) is 4.90 Å². The number of ether oxygens (including phenoxy) is 2. The van der Waals surface area contributed by atoms with Crippen LogP contribution in [0.4, 0.5) is 0 Å². The molecule has 0 aliphatic heterocycles. The quantitative estimate of drug-likeness (QED) is 0.737. The van der Waals surface area contributed by atoms with Crippen molar-refractivity contribution in [3.8, 4) is 11.5 Å². The molecule has 0 saturated carbocycles. The molecule has 112 valence electrons. The molecule has 0 aliphatic carbocycles. The SMILES string of the molecule is COc1cccc(CN(C)C(=O)CCCCN)c1OC. The second kappa shape index (κ2) is 8.43. The largest absolute Gasteiger partial charge is 0.493 e. The van der Waals surface area contributed by atoms with Gasteiger partial charge in [-0.15, -0.1) is 0 Å². The number of carbonyl (C=O) groups is 1. The van der Waals surface area contributed by atoms with Gasteiger partial charge < -0.3 is 20.1 Å². The van der Waals surface area contributed by atoms with Crippen LogP contribution in [0.15, 0.2) is 18.2 Å². The van der Waals surface area contributed by atoms with Crippen LogP contribution in [0.1, 0.15) is 24.8 Å². The lowest BCUT2D eigenvalue weighted by atomic mass is 10.1. The van der Waals surface area contributed by atoms with Crippen molar-refractivity contribution >= 4 is 5.91 Å². The van der Waals surface area contributed by atoms with E-state index in [1.165, 1.54) is 0 Å². The van der Waals surface area contributed by atoms with E-state index in [1.54, 1.807) is 26.2 Å². The van der Waals surface area contributed by atoms with Crippen LogP contribution >= 0.6 is 0 Å². The molecule has 0 heterocycles. The molecular formula is C15H24N2O3. The Morgan fingerprint density at radius 1 is 1.25 bits per heavy atom. The van der Waals surface area contributed by atoms with E-state index in [0.29, 0.717) is 31.0 Å². The molecule has 0 spiro atoms. The number of methoxy groups -OCH3 is 2. The highest BCUT2D eigenvalue weighted by Gasteiger charge is 2.14. The number of amides is 1. The van der Waals surface area contributed by atoms with Gasteiger partial charge in [-0.2, -0.15) is 0 Å². The minimum absolute atomic E-state index is 0.114. The van der Waals surface area contributed by atoms with Crippen LogP contribution in [0.25, 0.3) is 0 Å². The molecule has 2 N–H and O–H groups in total. The first-order valence-electron chi connectivity index (χ1n) is 6.78. The number of benzene rings is 1. The highest BCUT2D eigenvalue weighted by Crippen LogP contribution is 2.31. The van der Waals surface area contributed by atoms with E-state index in [2.05, 4.69) is 0 Å². The normalized spacial score (nSPS) is 10.2. The van der Waals surface area contributed by atoms with Gasteiger partial charge in [-0.05, 0) is 25.5 Å². The molecule has 0 bridgehead atoms. The molecule has 1 rings (SSSR count). The molecule has 1 aromatic carbocycles. The monoisotopic (exact) mass is 280 g/mol. The zero-order valence-corrected chi connectivity index (χ0v) is 12.5. The van der Waals surface area contributed by atoms with Crippen LogP contribution < -0.4 is 15.2 Å². The summed E-state index contributed by atoms with van der Waals surface area (Å²) in [5.74, 6) is 1.47. The summed E-state index contributed by atoms with van der Waals surface area (Å²) >= 11 is 0. The highest BCUT2D eigenvalue weighted by atomic mass is 16.5. The van der Waals surface area contributed by atoms with E-state index in [0.717, 1.165) is 18.4 Å². The summed E-state index contributed by atoms with van der Waals surface area (Å²) in [4.78, 5) is 13.7. The lowest BCUT2D eigenvalue weighted by molar-refractivity contribution is -0.130. The third kappa shape index (κ3) is 4.42. The molecule has 0 saturated heterocycles. The molecule has 5 nitrogen and oxygen atoms in total. The average Bonchev–Trinajstić information content (AvgIpc) is 2.46. The lowest BCUT2D eigenvalue weighted by Crippen LogP contribution is -2.26. The Morgan fingerprint density at radius 2 is 2.00 bits per heavy atom. The van der Waals surface area contributed by atoms with E-state index in [9.17, 15) is 4.79 Å². The fourth-order valence-electron chi connectivity index (χ4n) is 2.03. The maximum atomic E-state index is 12.0.